The largest absolute Gasteiger partial charge is 0.478 e. The number of aromatic nitrogens is 3. The van der Waals surface area contributed by atoms with Crippen molar-refractivity contribution in [1.29, 1.82) is 0 Å². The van der Waals surface area contributed by atoms with Crippen molar-refractivity contribution in [2.24, 2.45) is 0 Å². The summed E-state index contributed by atoms with van der Waals surface area (Å²) in [5.41, 5.74) is 1.01. The summed E-state index contributed by atoms with van der Waals surface area (Å²) in [6.07, 6.45) is -0.868. The molecule has 2 aromatic carbocycles. The highest BCUT2D eigenvalue weighted by Gasteiger charge is 2.36. The second kappa shape index (κ2) is 10.0. The highest BCUT2D eigenvalue weighted by molar-refractivity contribution is 7.70. The Bertz CT molecular complexity index is 1490. The molecule has 4 rings (SSSR count). The fourth-order valence-corrected chi connectivity index (χ4v) is 4.65. The van der Waals surface area contributed by atoms with Gasteiger partial charge in [-0.3, -0.25) is 4.98 Å². The zero-order chi connectivity index (χ0) is 26.8. The van der Waals surface area contributed by atoms with E-state index in [0.29, 0.717) is 22.8 Å². The van der Waals surface area contributed by atoms with Gasteiger partial charge in [-0.2, -0.15) is 18.2 Å². The number of hydrogen-bond donors (Lipinski definition) is 3. The molecule has 0 spiro atoms. The highest BCUT2D eigenvalue weighted by atomic mass is 31.2. The van der Waals surface area contributed by atoms with Crippen molar-refractivity contribution in [3.05, 3.63) is 84.3 Å². The fraction of sp³-hybridized carbons (Fsp3) is 0.120. The van der Waals surface area contributed by atoms with E-state index in [1.165, 1.54) is 37.6 Å². The van der Waals surface area contributed by atoms with E-state index in [2.05, 4.69) is 25.6 Å². The fourth-order valence-electron chi connectivity index (χ4n) is 3.49. The number of pyridine rings is 1. The molecular weight excluding hydrogens is 506 g/mol. The van der Waals surface area contributed by atoms with E-state index in [9.17, 15) is 22.5 Å². The summed E-state index contributed by atoms with van der Waals surface area (Å²) in [5.74, 6) is -1.79. The van der Waals surface area contributed by atoms with Crippen LogP contribution in [0.25, 0.3) is 11.1 Å². The van der Waals surface area contributed by atoms with Gasteiger partial charge in [-0.05, 0) is 61.4 Å². The topological polar surface area (TPSA) is 117 Å². The molecule has 8 nitrogen and oxygen atoms in total. The van der Waals surface area contributed by atoms with Crippen molar-refractivity contribution in [2.75, 3.05) is 24.0 Å². The van der Waals surface area contributed by atoms with Gasteiger partial charge in [0.25, 0.3) is 0 Å². The number of nitrogens with zero attached hydrogens (tertiary/aromatic N) is 3. The smallest absolute Gasteiger partial charge is 0.421 e. The van der Waals surface area contributed by atoms with Gasteiger partial charge in [0.2, 0.25) is 5.95 Å². The third-order valence-electron chi connectivity index (χ3n) is 5.31. The molecule has 0 aliphatic heterocycles. The maximum absolute atomic E-state index is 13.8. The molecule has 0 atom stereocenters. The molecule has 4 aromatic rings. The zero-order valence-electron chi connectivity index (χ0n) is 19.6. The number of hydrogen-bond acceptors (Lipinski definition) is 7. The Kier molecular flexibility index (Phi) is 7.00. The molecule has 0 aliphatic rings. The van der Waals surface area contributed by atoms with Crippen LogP contribution in [-0.4, -0.2) is 39.4 Å². The lowest BCUT2D eigenvalue weighted by atomic mass is 10.1. The van der Waals surface area contributed by atoms with Gasteiger partial charge in [0.05, 0.1) is 11.3 Å². The maximum Gasteiger partial charge on any atom is 0.421 e. The first-order chi connectivity index (χ1) is 17.4. The van der Waals surface area contributed by atoms with Gasteiger partial charge < -0.3 is 20.3 Å². The molecule has 0 saturated carbocycles. The molecule has 37 heavy (non-hydrogen) atoms. The third-order valence-corrected chi connectivity index (χ3v) is 6.84. The Hall–Kier alpha value is -4.24. The molecule has 0 saturated heterocycles. The van der Waals surface area contributed by atoms with Crippen LogP contribution in [0.3, 0.4) is 0 Å². The first-order valence-electron chi connectivity index (χ1n) is 10.8. The molecule has 2 aromatic heterocycles. The van der Waals surface area contributed by atoms with Crippen LogP contribution in [0.5, 0.6) is 0 Å². The summed E-state index contributed by atoms with van der Waals surface area (Å²) in [7, 11) is -2.95. The normalized spacial score (nSPS) is 11.7. The van der Waals surface area contributed by atoms with Crippen LogP contribution >= 0.6 is 7.14 Å². The van der Waals surface area contributed by atoms with Gasteiger partial charge in [0.1, 0.15) is 18.5 Å². The Labute approximate surface area is 210 Å². The molecule has 190 valence electrons. The Balaban J connectivity index is 1.73. The predicted octanol–water partition coefficient (Wildman–Crippen LogP) is 5.99. The van der Waals surface area contributed by atoms with Crippen LogP contribution in [0.2, 0.25) is 0 Å². The maximum atomic E-state index is 13.8. The van der Waals surface area contributed by atoms with E-state index < -0.39 is 30.7 Å². The standard InChI is InChI=1S/C25H21F3N5O3P/c1-37(2,36)21-12-16(17-4-3-11-29-13-17)7-10-20(21)32-22-19(25(26,27)28)14-30-24(33-22)31-18-8-5-15(6-9-18)23(34)35/h3-14H,1-2H3,(H,34,35)(H2,30,31,32,33). The van der Waals surface area contributed by atoms with Crippen LogP contribution in [0.4, 0.5) is 36.3 Å². The summed E-state index contributed by atoms with van der Waals surface area (Å²) >= 11 is 0. The number of carboxylic acid groups (broad SMARTS) is 1. The molecule has 0 radical (unpaired) electrons. The van der Waals surface area contributed by atoms with E-state index in [-0.39, 0.29) is 17.2 Å². The monoisotopic (exact) mass is 527 g/mol. The minimum atomic E-state index is -4.76. The molecular formula is C25H21F3N5O3P. The van der Waals surface area contributed by atoms with Crippen LogP contribution in [-0.2, 0) is 10.7 Å². The number of alkyl halides is 3. The number of halogens is 3. The van der Waals surface area contributed by atoms with Crippen molar-refractivity contribution in [2.45, 2.75) is 6.18 Å². The SMILES string of the molecule is CP(C)(=O)c1cc(-c2cccnc2)ccc1Nc1nc(Nc2ccc(C(=O)O)cc2)ncc1C(F)(F)F. The molecule has 0 amide bonds. The van der Waals surface area contributed by atoms with Gasteiger partial charge in [-0.15, -0.1) is 0 Å². The Morgan fingerprint density at radius 2 is 1.70 bits per heavy atom. The van der Waals surface area contributed by atoms with E-state index in [0.717, 1.165) is 5.56 Å². The molecule has 3 N–H and O–H groups in total. The summed E-state index contributed by atoms with van der Waals surface area (Å²) in [5, 5.41) is 14.8. The van der Waals surface area contributed by atoms with Crippen LogP contribution in [0, 0.1) is 0 Å². The van der Waals surface area contributed by atoms with E-state index >= 15 is 0 Å². The van der Waals surface area contributed by atoms with Gasteiger partial charge in [0, 0.05) is 35.1 Å². The van der Waals surface area contributed by atoms with Crippen LogP contribution in [0.15, 0.2) is 73.2 Å². The van der Waals surface area contributed by atoms with Crippen molar-refractivity contribution in [3.8, 4) is 11.1 Å². The Morgan fingerprint density at radius 3 is 2.30 bits per heavy atom. The van der Waals surface area contributed by atoms with Crippen molar-refractivity contribution in [1.82, 2.24) is 15.0 Å². The highest BCUT2D eigenvalue weighted by Crippen LogP contribution is 2.41. The molecule has 12 heteroatoms. The zero-order valence-corrected chi connectivity index (χ0v) is 20.5. The average molecular weight is 527 g/mol. The number of nitrogens with one attached hydrogen (secondary N) is 2. The molecule has 0 aliphatic carbocycles. The number of carboxylic acids is 1. The summed E-state index contributed by atoms with van der Waals surface area (Å²) < 4.78 is 54.5. The number of benzene rings is 2. The average Bonchev–Trinajstić information content (AvgIpc) is 2.84. The van der Waals surface area contributed by atoms with Crippen LogP contribution < -0.4 is 15.9 Å². The molecule has 0 unspecified atom stereocenters. The minimum absolute atomic E-state index is 0.0482. The van der Waals surface area contributed by atoms with E-state index in [1.54, 1.807) is 36.7 Å². The number of carbonyl (C=O) groups is 1. The third kappa shape index (κ3) is 6.13. The first kappa shape index (κ1) is 25.8. The van der Waals surface area contributed by atoms with Crippen molar-refractivity contribution in [3.63, 3.8) is 0 Å². The van der Waals surface area contributed by atoms with Gasteiger partial charge in [-0.1, -0.05) is 12.1 Å². The molecule has 0 bridgehead atoms. The van der Waals surface area contributed by atoms with Gasteiger partial charge >= 0.3 is 12.1 Å². The quantitative estimate of drug-likeness (QED) is 0.251. The first-order valence-corrected chi connectivity index (χ1v) is 13.4. The van der Waals surface area contributed by atoms with E-state index in [1.807, 2.05) is 6.07 Å². The van der Waals surface area contributed by atoms with Crippen molar-refractivity contribution < 1.29 is 27.6 Å². The number of aromatic carboxylic acids is 1. The van der Waals surface area contributed by atoms with Gasteiger partial charge in [0.15, 0.2) is 0 Å². The Morgan fingerprint density at radius 1 is 0.973 bits per heavy atom. The summed E-state index contributed by atoms with van der Waals surface area (Å²) in [6, 6.07) is 14.0. The number of anilines is 4. The van der Waals surface area contributed by atoms with E-state index in [4.69, 9.17) is 5.11 Å². The van der Waals surface area contributed by atoms with Crippen LogP contribution in [0.1, 0.15) is 15.9 Å². The predicted molar refractivity (Wildman–Crippen MR) is 136 cm³/mol. The van der Waals surface area contributed by atoms with Crippen molar-refractivity contribution >= 4 is 41.6 Å². The minimum Gasteiger partial charge on any atom is -0.478 e. The van der Waals surface area contributed by atoms with Gasteiger partial charge in [-0.25, -0.2) is 9.78 Å². The molecule has 0 fully saturated rings. The second-order valence-electron chi connectivity index (χ2n) is 8.41. The lowest BCUT2D eigenvalue weighted by Gasteiger charge is -2.19. The lowest BCUT2D eigenvalue weighted by Crippen LogP contribution is -2.16. The second-order valence-corrected chi connectivity index (χ2v) is 11.6. The molecule has 2 heterocycles. The number of rotatable bonds is 7. The lowest BCUT2D eigenvalue weighted by molar-refractivity contribution is -0.137. The summed E-state index contributed by atoms with van der Waals surface area (Å²) in [6.45, 7) is 3.05. The summed E-state index contributed by atoms with van der Waals surface area (Å²) in [4.78, 5) is 22.9.